The quantitative estimate of drug-likeness (QED) is 0.795. The number of hydrogen-bond donors (Lipinski definition) is 1. The van der Waals surface area contributed by atoms with E-state index in [4.69, 9.17) is 4.74 Å². The molecular weight excluding hydrogens is 264 g/mol. The Balaban J connectivity index is 2.29. The summed E-state index contributed by atoms with van der Waals surface area (Å²) in [7, 11) is 0. The highest BCUT2D eigenvalue weighted by Crippen LogP contribution is 2.32. The van der Waals surface area contributed by atoms with Gasteiger partial charge in [0.15, 0.2) is 0 Å². The van der Waals surface area contributed by atoms with Gasteiger partial charge in [0.2, 0.25) is 0 Å². The third-order valence-corrected chi connectivity index (χ3v) is 3.83. The van der Waals surface area contributed by atoms with Crippen LogP contribution in [0.1, 0.15) is 31.7 Å². The van der Waals surface area contributed by atoms with Gasteiger partial charge in [-0.3, -0.25) is 4.79 Å². The fraction of sp³-hybridized carbons (Fsp3) is 0.412. The first kappa shape index (κ1) is 15.3. The number of aromatic nitrogens is 2. The largest absolute Gasteiger partial charge is 0.466 e. The summed E-state index contributed by atoms with van der Waals surface area (Å²) in [5.41, 5.74) is 0.564. The molecule has 0 amide bonds. The van der Waals surface area contributed by atoms with Crippen molar-refractivity contribution in [3.63, 3.8) is 0 Å². The van der Waals surface area contributed by atoms with Crippen LogP contribution in [0.4, 0.5) is 0 Å². The molecule has 0 saturated carbocycles. The van der Waals surface area contributed by atoms with E-state index in [1.807, 2.05) is 44.2 Å². The number of imidazole rings is 1. The van der Waals surface area contributed by atoms with Crippen molar-refractivity contribution >= 4 is 5.97 Å². The van der Waals surface area contributed by atoms with Crippen LogP contribution < -0.4 is 0 Å². The first-order valence-electron chi connectivity index (χ1n) is 7.39. The lowest BCUT2D eigenvalue weighted by atomic mass is 9.76. The summed E-state index contributed by atoms with van der Waals surface area (Å²) in [6.45, 7) is 4.27. The molecule has 112 valence electrons. The number of ether oxygens (including phenoxy) is 1. The summed E-state index contributed by atoms with van der Waals surface area (Å²) >= 11 is 0. The number of benzene rings is 1. The molecule has 0 aliphatic heterocycles. The van der Waals surface area contributed by atoms with Crippen LogP contribution in [0, 0.1) is 5.41 Å². The van der Waals surface area contributed by atoms with Gasteiger partial charge in [0.1, 0.15) is 5.82 Å². The third-order valence-electron chi connectivity index (χ3n) is 3.83. The van der Waals surface area contributed by atoms with Crippen molar-refractivity contribution < 1.29 is 9.53 Å². The van der Waals surface area contributed by atoms with Gasteiger partial charge in [-0.1, -0.05) is 37.3 Å². The van der Waals surface area contributed by atoms with Crippen LogP contribution in [-0.4, -0.2) is 22.5 Å². The monoisotopic (exact) mass is 286 g/mol. The summed E-state index contributed by atoms with van der Waals surface area (Å²) in [5.74, 6) is 0.675. The number of esters is 1. The molecule has 1 aromatic heterocycles. The van der Waals surface area contributed by atoms with E-state index in [0.29, 0.717) is 25.9 Å². The smallest absolute Gasteiger partial charge is 0.312 e. The molecule has 0 spiro atoms. The molecule has 1 N–H and O–H groups in total. The highest BCUT2D eigenvalue weighted by atomic mass is 16.5. The van der Waals surface area contributed by atoms with Gasteiger partial charge in [0.05, 0.1) is 12.0 Å². The van der Waals surface area contributed by atoms with Crippen molar-refractivity contribution in [2.24, 2.45) is 5.41 Å². The van der Waals surface area contributed by atoms with Crippen LogP contribution in [0.3, 0.4) is 0 Å². The lowest BCUT2D eigenvalue weighted by molar-refractivity contribution is -0.155. The molecule has 1 heterocycles. The Labute approximate surface area is 125 Å². The van der Waals surface area contributed by atoms with E-state index in [0.717, 1.165) is 11.4 Å². The molecule has 2 aromatic rings. The van der Waals surface area contributed by atoms with Crippen LogP contribution in [0.5, 0.6) is 0 Å². The van der Waals surface area contributed by atoms with E-state index in [2.05, 4.69) is 9.97 Å². The number of carbonyl (C=O) groups is 1. The fourth-order valence-electron chi connectivity index (χ4n) is 2.59. The minimum absolute atomic E-state index is 0.146. The minimum Gasteiger partial charge on any atom is -0.466 e. The molecular formula is C17H22N2O2. The van der Waals surface area contributed by atoms with Crippen molar-refractivity contribution in [3.05, 3.63) is 54.1 Å². The number of hydrogen-bond acceptors (Lipinski definition) is 3. The lowest BCUT2D eigenvalue weighted by Gasteiger charge is -2.29. The van der Waals surface area contributed by atoms with Gasteiger partial charge < -0.3 is 9.72 Å². The van der Waals surface area contributed by atoms with E-state index >= 15 is 0 Å². The van der Waals surface area contributed by atoms with Gasteiger partial charge in [0, 0.05) is 18.8 Å². The van der Waals surface area contributed by atoms with Gasteiger partial charge in [-0.25, -0.2) is 4.98 Å². The molecule has 2 rings (SSSR count). The Kier molecular flexibility index (Phi) is 5.14. The Morgan fingerprint density at radius 1 is 1.24 bits per heavy atom. The molecule has 21 heavy (non-hydrogen) atoms. The number of aromatic amines is 1. The molecule has 0 bridgehead atoms. The molecule has 0 saturated heterocycles. The maximum absolute atomic E-state index is 12.6. The van der Waals surface area contributed by atoms with E-state index in [1.165, 1.54) is 0 Å². The lowest BCUT2D eigenvalue weighted by Crippen LogP contribution is -2.37. The average Bonchev–Trinajstić information content (AvgIpc) is 3.00. The summed E-state index contributed by atoms with van der Waals surface area (Å²) in [6, 6.07) is 10.1. The molecule has 4 heteroatoms. The Bertz CT molecular complexity index is 551. The average molecular weight is 286 g/mol. The summed E-state index contributed by atoms with van der Waals surface area (Å²) in [6.07, 6.45) is 5.42. The van der Waals surface area contributed by atoms with Gasteiger partial charge >= 0.3 is 5.97 Å². The van der Waals surface area contributed by atoms with Crippen molar-refractivity contribution in [3.8, 4) is 0 Å². The highest BCUT2D eigenvalue weighted by molar-refractivity contribution is 5.77. The molecule has 1 unspecified atom stereocenters. The summed E-state index contributed by atoms with van der Waals surface area (Å²) in [4.78, 5) is 19.9. The Morgan fingerprint density at radius 3 is 2.57 bits per heavy atom. The number of carbonyl (C=O) groups excluding carboxylic acids is 1. The van der Waals surface area contributed by atoms with E-state index in [9.17, 15) is 4.79 Å². The molecule has 1 atom stereocenters. The number of nitrogens with one attached hydrogen (secondary N) is 1. The van der Waals surface area contributed by atoms with Crippen LogP contribution in [0.2, 0.25) is 0 Å². The zero-order valence-electron chi connectivity index (χ0n) is 12.6. The summed E-state index contributed by atoms with van der Waals surface area (Å²) in [5, 5.41) is 0. The maximum Gasteiger partial charge on any atom is 0.312 e. The fourth-order valence-corrected chi connectivity index (χ4v) is 2.59. The van der Waals surface area contributed by atoms with Crippen LogP contribution in [0.15, 0.2) is 42.7 Å². The second kappa shape index (κ2) is 7.07. The van der Waals surface area contributed by atoms with Gasteiger partial charge in [-0.15, -0.1) is 0 Å². The minimum atomic E-state index is -0.574. The maximum atomic E-state index is 12.6. The Hall–Kier alpha value is -2.10. The van der Waals surface area contributed by atoms with Crippen molar-refractivity contribution in [2.75, 3.05) is 6.61 Å². The zero-order valence-corrected chi connectivity index (χ0v) is 12.6. The van der Waals surface area contributed by atoms with Crippen LogP contribution in [0.25, 0.3) is 0 Å². The topological polar surface area (TPSA) is 55.0 Å². The number of rotatable bonds is 7. The second-order valence-electron chi connectivity index (χ2n) is 5.23. The number of H-pyrrole nitrogens is 1. The van der Waals surface area contributed by atoms with E-state index in [-0.39, 0.29) is 5.97 Å². The van der Waals surface area contributed by atoms with Gasteiger partial charge in [-0.2, -0.15) is 0 Å². The van der Waals surface area contributed by atoms with Crippen LogP contribution in [-0.2, 0) is 22.4 Å². The van der Waals surface area contributed by atoms with Crippen molar-refractivity contribution in [1.82, 2.24) is 9.97 Å². The van der Waals surface area contributed by atoms with Crippen LogP contribution >= 0.6 is 0 Å². The predicted octanol–water partition coefficient (Wildman–Crippen LogP) is 3.15. The predicted molar refractivity (Wildman–Crippen MR) is 81.8 cm³/mol. The summed E-state index contributed by atoms with van der Waals surface area (Å²) < 4.78 is 5.34. The third kappa shape index (κ3) is 3.72. The SMILES string of the molecule is CCOC(=O)C(CC)(Cc1ccccc1)Cc1ncc[nH]1. The van der Waals surface area contributed by atoms with E-state index in [1.54, 1.807) is 12.4 Å². The normalized spacial score (nSPS) is 13.6. The van der Waals surface area contributed by atoms with Crippen molar-refractivity contribution in [1.29, 1.82) is 0 Å². The standard InChI is InChI=1S/C17H22N2O2/c1-3-17(16(20)21-4-2,13-15-18-10-11-19-15)12-14-8-6-5-7-9-14/h5-11H,3-4,12-13H2,1-2H3,(H,18,19). The van der Waals surface area contributed by atoms with Gasteiger partial charge in [0.25, 0.3) is 0 Å². The molecule has 0 aliphatic rings. The second-order valence-corrected chi connectivity index (χ2v) is 5.23. The molecule has 1 aromatic carbocycles. The molecule has 0 aliphatic carbocycles. The highest BCUT2D eigenvalue weighted by Gasteiger charge is 2.39. The first-order valence-corrected chi connectivity index (χ1v) is 7.39. The molecule has 0 radical (unpaired) electrons. The zero-order chi connectivity index (χ0) is 15.1. The van der Waals surface area contributed by atoms with Crippen molar-refractivity contribution in [2.45, 2.75) is 33.1 Å². The van der Waals surface area contributed by atoms with Gasteiger partial charge in [-0.05, 0) is 25.3 Å². The number of nitrogens with zero attached hydrogens (tertiary/aromatic N) is 1. The first-order chi connectivity index (χ1) is 10.2. The van der Waals surface area contributed by atoms with E-state index < -0.39 is 5.41 Å². The molecule has 0 fully saturated rings. The molecule has 4 nitrogen and oxygen atoms in total. The Morgan fingerprint density at radius 2 is 2.00 bits per heavy atom.